The van der Waals surface area contributed by atoms with E-state index in [9.17, 15) is 4.79 Å². The number of rotatable bonds is 2. The lowest BCUT2D eigenvalue weighted by atomic mass is 10.3. The molecule has 0 aromatic rings. The van der Waals surface area contributed by atoms with E-state index in [-0.39, 0.29) is 11.9 Å². The molecule has 1 aliphatic rings. The summed E-state index contributed by atoms with van der Waals surface area (Å²) in [6.45, 7) is 1.95. The van der Waals surface area contributed by atoms with Crippen molar-refractivity contribution in [1.82, 2.24) is 4.90 Å². The highest BCUT2D eigenvalue weighted by atomic mass is 16.2. The van der Waals surface area contributed by atoms with Crippen molar-refractivity contribution >= 4 is 5.91 Å². The lowest BCUT2D eigenvalue weighted by molar-refractivity contribution is -0.128. The van der Waals surface area contributed by atoms with Crippen molar-refractivity contribution in [3.05, 3.63) is 0 Å². The molecule has 0 saturated carbocycles. The van der Waals surface area contributed by atoms with E-state index in [1.807, 2.05) is 0 Å². The third-order valence-electron chi connectivity index (χ3n) is 1.74. The van der Waals surface area contributed by atoms with Gasteiger partial charge >= 0.3 is 0 Å². The Bertz CT molecular complexity index is 135. The van der Waals surface area contributed by atoms with Gasteiger partial charge in [-0.15, -0.1) is 0 Å². The summed E-state index contributed by atoms with van der Waals surface area (Å²) in [6, 6.07) is -0.272. The Kier molecular flexibility index (Phi) is 2.24. The van der Waals surface area contributed by atoms with Crippen LogP contribution in [0, 0.1) is 0 Å². The standard InChI is InChI=1S/C6H13N3O/c7-2-4-9-3-1-5(8)6(9)10/h5H,1-4,7-8H2. The van der Waals surface area contributed by atoms with Crippen molar-refractivity contribution in [2.45, 2.75) is 12.5 Å². The van der Waals surface area contributed by atoms with E-state index < -0.39 is 0 Å². The number of nitrogens with zero attached hydrogens (tertiary/aromatic N) is 1. The maximum atomic E-state index is 11.0. The molecule has 1 unspecified atom stereocenters. The highest BCUT2D eigenvalue weighted by molar-refractivity contribution is 5.83. The third-order valence-corrected chi connectivity index (χ3v) is 1.74. The molecule has 0 aliphatic carbocycles. The molecule has 1 atom stereocenters. The zero-order valence-electron chi connectivity index (χ0n) is 5.92. The first-order valence-corrected chi connectivity index (χ1v) is 3.50. The van der Waals surface area contributed by atoms with Crippen molar-refractivity contribution < 1.29 is 4.79 Å². The first kappa shape index (κ1) is 7.50. The molecule has 0 aromatic heterocycles. The topological polar surface area (TPSA) is 72.3 Å². The van der Waals surface area contributed by atoms with Crippen molar-refractivity contribution in [1.29, 1.82) is 0 Å². The fraction of sp³-hybridized carbons (Fsp3) is 0.833. The van der Waals surface area contributed by atoms with Crippen LogP contribution in [0.15, 0.2) is 0 Å². The molecule has 4 heteroatoms. The summed E-state index contributed by atoms with van der Waals surface area (Å²) in [5.74, 6) is 0.0467. The number of amides is 1. The molecule has 0 aromatic carbocycles. The number of carbonyl (C=O) groups excluding carboxylic acids is 1. The van der Waals surface area contributed by atoms with Gasteiger partial charge in [0.05, 0.1) is 6.04 Å². The number of nitrogens with two attached hydrogens (primary N) is 2. The molecule has 1 amide bonds. The van der Waals surface area contributed by atoms with Gasteiger partial charge in [-0.3, -0.25) is 4.79 Å². The van der Waals surface area contributed by atoms with Crippen LogP contribution < -0.4 is 11.5 Å². The largest absolute Gasteiger partial charge is 0.340 e. The van der Waals surface area contributed by atoms with Gasteiger partial charge in [0.1, 0.15) is 0 Å². The van der Waals surface area contributed by atoms with Gasteiger partial charge in [0.2, 0.25) is 5.91 Å². The van der Waals surface area contributed by atoms with E-state index in [0.717, 1.165) is 13.0 Å². The molecule has 1 heterocycles. The van der Waals surface area contributed by atoms with E-state index in [2.05, 4.69) is 0 Å². The Balaban J connectivity index is 2.41. The molecule has 1 saturated heterocycles. The summed E-state index contributed by atoms with van der Waals surface area (Å²) in [7, 11) is 0. The Labute approximate surface area is 60.2 Å². The van der Waals surface area contributed by atoms with Gasteiger partial charge < -0.3 is 16.4 Å². The minimum Gasteiger partial charge on any atom is -0.340 e. The van der Waals surface area contributed by atoms with E-state index >= 15 is 0 Å². The number of likely N-dealkylation sites (tertiary alicyclic amines) is 1. The van der Waals surface area contributed by atoms with E-state index in [1.165, 1.54) is 0 Å². The average molecular weight is 143 g/mol. The van der Waals surface area contributed by atoms with Crippen molar-refractivity contribution in [2.24, 2.45) is 11.5 Å². The fourth-order valence-electron chi connectivity index (χ4n) is 1.14. The average Bonchev–Trinajstić information content (AvgIpc) is 2.20. The van der Waals surface area contributed by atoms with Gasteiger partial charge in [0.25, 0.3) is 0 Å². The SMILES string of the molecule is NCCN1CCC(N)C1=O. The Hall–Kier alpha value is -0.610. The Morgan fingerprint density at radius 1 is 1.70 bits per heavy atom. The summed E-state index contributed by atoms with van der Waals surface area (Å²) < 4.78 is 0. The number of hydrogen-bond acceptors (Lipinski definition) is 3. The zero-order valence-corrected chi connectivity index (χ0v) is 5.92. The molecule has 58 valence electrons. The van der Waals surface area contributed by atoms with Crippen LogP contribution in [0.3, 0.4) is 0 Å². The summed E-state index contributed by atoms with van der Waals surface area (Å²) in [6.07, 6.45) is 0.777. The van der Waals surface area contributed by atoms with Crippen LogP contribution in [-0.4, -0.2) is 36.5 Å². The van der Waals surface area contributed by atoms with Crippen LogP contribution in [0.25, 0.3) is 0 Å². The molecule has 0 radical (unpaired) electrons. The molecule has 10 heavy (non-hydrogen) atoms. The lowest BCUT2D eigenvalue weighted by Gasteiger charge is -2.13. The summed E-state index contributed by atoms with van der Waals surface area (Å²) >= 11 is 0. The van der Waals surface area contributed by atoms with Gasteiger partial charge in [-0.2, -0.15) is 0 Å². The predicted octanol–water partition coefficient (Wildman–Crippen LogP) is -1.50. The molecular weight excluding hydrogens is 130 g/mol. The highest BCUT2D eigenvalue weighted by Gasteiger charge is 2.27. The first-order valence-electron chi connectivity index (χ1n) is 3.50. The van der Waals surface area contributed by atoms with Gasteiger partial charge in [-0.25, -0.2) is 0 Å². The van der Waals surface area contributed by atoms with Crippen molar-refractivity contribution in [2.75, 3.05) is 19.6 Å². The van der Waals surface area contributed by atoms with Crippen molar-refractivity contribution in [3.8, 4) is 0 Å². The predicted molar refractivity (Wildman–Crippen MR) is 38.2 cm³/mol. The normalized spacial score (nSPS) is 26.0. The number of carbonyl (C=O) groups is 1. The maximum absolute atomic E-state index is 11.0. The zero-order chi connectivity index (χ0) is 7.56. The Morgan fingerprint density at radius 2 is 2.40 bits per heavy atom. The van der Waals surface area contributed by atoms with Crippen LogP contribution in [0.5, 0.6) is 0 Å². The molecule has 0 spiro atoms. The van der Waals surface area contributed by atoms with Gasteiger partial charge in [0, 0.05) is 19.6 Å². The summed E-state index contributed by atoms with van der Waals surface area (Å²) in [4.78, 5) is 12.8. The van der Waals surface area contributed by atoms with Crippen LogP contribution in [0.1, 0.15) is 6.42 Å². The summed E-state index contributed by atoms with van der Waals surface area (Å²) in [5.41, 5.74) is 10.7. The Morgan fingerprint density at radius 3 is 2.80 bits per heavy atom. The first-order chi connectivity index (χ1) is 4.75. The van der Waals surface area contributed by atoms with Crippen LogP contribution in [0.2, 0.25) is 0 Å². The monoisotopic (exact) mass is 143 g/mol. The molecule has 1 aliphatic heterocycles. The molecule has 0 bridgehead atoms. The van der Waals surface area contributed by atoms with Gasteiger partial charge in [-0.1, -0.05) is 0 Å². The van der Waals surface area contributed by atoms with Gasteiger partial charge in [0.15, 0.2) is 0 Å². The molecule has 4 N–H and O–H groups in total. The molecular formula is C6H13N3O. The maximum Gasteiger partial charge on any atom is 0.239 e. The minimum absolute atomic E-state index is 0.0467. The lowest BCUT2D eigenvalue weighted by Crippen LogP contribution is -2.36. The minimum atomic E-state index is -0.272. The van der Waals surface area contributed by atoms with E-state index in [4.69, 9.17) is 11.5 Å². The highest BCUT2D eigenvalue weighted by Crippen LogP contribution is 2.06. The van der Waals surface area contributed by atoms with E-state index in [1.54, 1.807) is 4.90 Å². The van der Waals surface area contributed by atoms with Crippen LogP contribution in [-0.2, 0) is 4.79 Å². The third kappa shape index (κ3) is 1.27. The van der Waals surface area contributed by atoms with Crippen molar-refractivity contribution in [3.63, 3.8) is 0 Å². The molecule has 1 fully saturated rings. The number of hydrogen-bond donors (Lipinski definition) is 2. The smallest absolute Gasteiger partial charge is 0.239 e. The second kappa shape index (κ2) is 2.98. The molecule has 1 rings (SSSR count). The van der Waals surface area contributed by atoms with E-state index in [0.29, 0.717) is 13.1 Å². The fourth-order valence-corrected chi connectivity index (χ4v) is 1.14. The van der Waals surface area contributed by atoms with Gasteiger partial charge in [-0.05, 0) is 6.42 Å². The second-order valence-corrected chi connectivity index (χ2v) is 2.51. The molecule has 4 nitrogen and oxygen atoms in total. The quantitative estimate of drug-likeness (QED) is 0.494. The second-order valence-electron chi connectivity index (χ2n) is 2.51. The van der Waals surface area contributed by atoms with Crippen LogP contribution in [0.4, 0.5) is 0 Å². The summed E-state index contributed by atoms with van der Waals surface area (Å²) in [5, 5.41) is 0. The van der Waals surface area contributed by atoms with Crippen LogP contribution >= 0.6 is 0 Å².